The Balaban J connectivity index is 2.05. The molecule has 116 valence electrons. The van der Waals surface area contributed by atoms with Crippen LogP contribution in [-0.4, -0.2) is 19.0 Å². The normalized spacial score (nSPS) is 23.6. The summed E-state index contributed by atoms with van der Waals surface area (Å²) in [6.45, 7) is 5.81. The van der Waals surface area contributed by atoms with Crippen LogP contribution in [0.15, 0.2) is 24.3 Å². The van der Waals surface area contributed by atoms with E-state index in [1.807, 2.05) is 6.92 Å². The Morgan fingerprint density at radius 2 is 2.14 bits per heavy atom. The van der Waals surface area contributed by atoms with E-state index in [4.69, 9.17) is 0 Å². The summed E-state index contributed by atoms with van der Waals surface area (Å²) in [6, 6.07) is 6.22. The zero-order valence-electron chi connectivity index (χ0n) is 12.9. The second-order valence-electron chi connectivity index (χ2n) is 6.06. The maximum Gasteiger partial charge on any atom is 0.227 e. The zero-order valence-corrected chi connectivity index (χ0v) is 12.9. The van der Waals surface area contributed by atoms with Gasteiger partial charge in [-0.05, 0) is 50.4 Å². The van der Waals surface area contributed by atoms with Crippen LogP contribution in [0, 0.1) is 11.2 Å². The predicted molar refractivity (Wildman–Crippen MR) is 82.4 cm³/mol. The summed E-state index contributed by atoms with van der Waals surface area (Å²) in [6.07, 6.45) is 3.89. The van der Waals surface area contributed by atoms with Gasteiger partial charge in [-0.25, -0.2) is 4.39 Å². The molecule has 1 fully saturated rings. The van der Waals surface area contributed by atoms with Gasteiger partial charge in [-0.15, -0.1) is 0 Å². The van der Waals surface area contributed by atoms with E-state index in [-0.39, 0.29) is 23.2 Å². The summed E-state index contributed by atoms with van der Waals surface area (Å²) in [7, 11) is 0. The van der Waals surface area contributed by atoms with Crippen LogP contribution in [0.5, 0.6) is 0 Å². The van der Waals surface area contributed by atoms with Crippen molar-refractivity contribution in [3.63, 3.8) is 0 Å². The summed E-state index contributed by atoms with van der Waals surface area (Å²) < 4.78 is 13.0. The van der Waals surface area contributed by atoms with Crippen LogP contribution < -0.4 is 10.6 Å². The van der Waals surface area contributed by atoms with E-state index in [2.05, 4.69) is 17.6 Å². The Morgan fingerprint density at radius 1 is 1.43 bits per heavy atom. The van der Waals surface area contributed by atoms with Gasteiger partial charge < -0.3 is 10.6 Å². The van der Waals surface area contributed by atoms with Gasteiger partial charge in [0, 0.05) is 6.54 Å². The molecule has 2 rings (SSSR count). The molecule has 0 bridgehead atoms. The third-order valence-corrected chi connectivity index (χ3v) is 4.40. The molecule has 1 aromatic rings. The van der Waals surface area contributed by atoms with Crippen molar-refractivity contribution >= 4 is 5.91 Å². The number of carbonyl (C=O) groups excluding carboxylic acids is 1. The first-order chi connectivity index (χ1) is 10.1. The number of piperidine rings is 1. The molecule has 1 unspecified atom stereocenters. The molecule has 1 aromatic carbocycles. The van der Waals surface area contributed by atoms with Gasteiger partial charge in [0.2, 0.25) is 5.91 Å². The molecular formula is C17H25FN2O. The van der Waals surface area contributed by atoms with Gasteiger partial charge in [-0.1, -0.05) is 25.5 Å². The average Bonchev–Trinajstić information content (AvgIpc) is 2.49. The molecule has 0 aliphatic carbocycles. The molecule has 1 amide bonds. The highest BCUT2D eigenvalue weighted by atomic mass is 19.1. The highest BCUT2D eigenvalue weighted by Gasteiger charge is 2.39. The van der Waals surface area contributed by atoms with Crippen LogP contribution in [0.4, 0.5) is 4.39 Å². The third kappa shape index (κ3) is 3.82. The molecule has 0 spiro atoms. The van der Waals surface area contributed by atoms with Crippen molar-refractivity contribution in [2.24, 2.45) is 5.41 Å². The van der Waals surface area contributed by atoms with E-state index in [1.165, 1.54) is 12.1 Å². The lowest BCUT2D eigenvalue weighted by Crippen LogP contribution is -2.50. The van der Waals surface area contributed by atoms with E-state index in [9.17, 15) is 9.18 Å². The zero-order chi connectivity index (χ0) is 15.3. The number of hydrogen-bond donors (Lipinski definition) is 2. The number of halogens is 1. The molecule has 1 aliphatic rings. The van der Waals surface area contributed by atoms with Crippen LogP contribution >= 0.6 is 0 Å². The monoisotopic (exact) mass is 292 g/mol. The van der Waals surface area contributed by atoms with Crippen LogP contribution in [0.1, 0.15) is 51.1 Å². The number of hydrogen-bond acceptors (Lipinski definition) is 2. The fourth-order valence-electron chi connectivity index (χ4n) is 3.15. The Labute approximate surface area is 126 Å². The highest BCUT2D eigenvalue weighted by Crippen LogP contribution is 2.32. The molecular weight excluding hydrogens is 267 g/mol. The SMILES string of the molecule is CCCC1(C(=O)N[C@H](C)c2ccc(F)cc2)CCCNC1. The third-order valence-electron chi connectivity index (χ3n) is 4.40. The number of rotatable bonds is 5. The molecule has 2 atom stereocenters. The smallest absolute Gasteiger partial charge is 0.227 e. The topological polar surface area (TPSA) is 41.1 Å². The van der Waals surface area contributed by atoms with Crippen LogP contribution in [0.2, 0.25) is 0 Å². The van der Waals surface area contributed by atoms with Gasteiger partial charge in [0.25, 0.3) is 0 Å². The van der Waals surface area contributed by atoms with Crippen LogP contribution in [0.3, 0.4) is 0 Å². The Bertz CT molecular complexity index is 461. The number of carbonyl (C=O) groups is 1. The Kier molecular flexibility index (Phi) is 5.34. The van der Waals surface area contributed by atoms with E-state index in [1.54, 1.807) is 12.1 Å². The summed E-state index contributed by atoms with van der Waals surface area (Å²) in [4.78, 5) is 12.7. The molecule has 0 radical (unpaired) electrons. The molecule has 1 saturated heterocycles. The minimum atomic E-state index is -0.290. The quantitative estimate of drug-likeness (QED) is 0.875. The molecule has 3 nitrogen and oxygen atoms in total. The number of nitrogens with one attached hydrogen (secondary N) is 2. The molecule has 21 heavy (non-hydrogen) atoms. The lowest BCUT2D eigenvalue weighted by molar-refractivity contribution is -0.133. The first-order valence-corrected chi connectivity index (χ1v) is 7.84. The summed E-state index contributed by atoms with van der Waals surface area (Å²) in [5, 5.41) is 6.46. The van der Waals surface area contributed by atoms with Gasteiger partial charge >= 0.3 is 0 Å². The average molecular weight is 292 g/mol. The van der Waals surface area contributed by atoms with Crippen molar-refractivity contribution in [1.82, 2.24) is 10.6 Å². The van der Waals surface area contributed by atoms with E-state index >= 15 is 0 Å². The minimum absolute atomic E-state index is 0.103. The van der Waals surface area contributed by atoms with Crippen molar-refractivity contribution in [2.75, 3.05) is 13.1 Å². The second kappa shape index (κ2) is 7.03. The van der Waals surface area contributed by atoms with Crippen molar-refractivity contribution in [1.29, 1.82) is 0 Å². The molecule has 2 N–H and O–H groups in total. The van der Waals surface area contributed by atoms with Crippen LogP contribution in [-0.2, 0) is 4.79 Å². The van der Waals surface area contributed by atoms with E-state index in [0.29, 0.717) is 0 Å². The first kappa shape index (κ1) is 16.0. The van der Waals surface area contributed by atoms with Crippen molar-refractivity contribution in [3.05, 3.63) is 35.6 Å². The molecule has 0 saturated carbocycles. The Hall–Kier alpha value is -1.42. The fourth-order valence-corrected chi connectivity index (χ4v) is 3.15. The van der Waals surface area contributed by atoms with Crippen molar-refractivity contribution in [3.8, 4) is 0 Å². The summed E-state index contributed by atoms with van der Waals surface area (Å²) in [5.74, 6) is -0.135. The van der Waals surface area contributed by atoms with Gasteiger partial charge in [0.1, 0.15) is 5.82 Å². The van der Waals surface area contributed by atoms with Gasteiger partial charge in [-0.2, -0.15) is 0 Å². The van der Waals surface area contributed by atoms with Crippen molar-refractivity contribution in [2.45, 2.75) is 45.6 Å². The lowest BCUT2D eigenvalue weighted by Gasteiger charge is -2.37. The van der Waals surface area contributed by atoms with E-state index < -0.39 is 0 Å². The molecule has 4 heteroatoms. The Morgan fingerprint density at radius 3 is 2.71 bits per heavy atom. The van der Waals surface area contributed by atoms with Gasteiger partial charge in [0.15, 0.2) is 0 Å². The van der Waals surface area contributed by atoms with Crippen LogP contribution in [0.25, 0.3) is 0 Å². The summed E-state index contributed by atoms with van der Waals surface area (Å²) >= 11 is 0. The van der Waals surface area contributed by atoms with E-state index in [0.717, 1.165) is 44.3 Å². The summed E-state index contributed by atoms with van der Waals surface area (Å²) in [5.41, 5.74) is 0.640. The standard InChI is InChI=1S/C17H25FN2O/c1-3-9-17(10-4-11-19-12-17)16(21)20-13(2)14-5-7-15(18)8-6-14/h5-8,13,19H,3-4,9-12H2,1-2H3,(H,20,21)/t13-,17?/m1/s1. The largest absolute Gasteiger partial charge is 0.349 e. The molecule has 0 aromatic heterocycles. The fraction of sp³-hybridized carbons (Fsp3) is 0.588. The van der Waals surface area contributed by atoms with Gasteiger partial charge in [0.05, 0.1) is 11.5 Å². The van der Waals surface area contributed by atoms with Crippen molar-refractivity contribution < 1.29 is 9.18 Å². The second-order valence-corrected chi connectivity index (χ2v) is 6.06. The molecule has 1 aliphatic heterocycles. The lowest BCUT2D eigenvalue weighted by atomic mass is 9.76. The number of benzene rings is 1. The first-order valence-electron chi connectivity index (χ1n) is 7.84. The maximum atomic E-state index is 13.0. The minimum Gasteiger partial charge on any atom is -0.349 e. The predicted octanol–water partition coefficient (Wildman–Crippen LogP) is 3.17. The maximum absolute atomic E-state index is 13.0. The number of amides is 1. The molecule has 1 heterocycles. The highest BCUT2D eigenvalue weighted by molar-refractivity contribution is 5.83. The van der Waals surface area contributed by atoms with Gasteiger partial charge in [-0.3, -0.25) is 4.79 Å².